The first-order valence-electron chi connectivity index (χ1n) is 8.16. The fraction of sp³-hybridized carbons (Fsp3) is 0.611. The van der Waals surface area contributed by atoms with Crippen LogP contribution in [-0.2, 0) is 14.3 Å². The molecule has 0 saturated heterocycles. The molecule has 0 aromatic heterocycles. The summed E-state index contributed by atoms with van der Waals surface area (Å²) in [7, 11) is 0. The number of hydrogen-bond acceptors (Lipinski definition) is 5. The fourth-order valence-electron chi connectivity index (χ4n) is 1.76. The van der Waals surface area contributed by atoms with Gasteiger partial charge in [0.2, 0.25) is 0 Å². The molecule has 130 valence electrons. The van der Waals surface area contributed by atoms with Crippen LogP contribution in [0.2, 0.25) is 0 Å². The molecule has 1 aromatic carbocycles. The average Bonchev–Trinajstić information content (AvgIpc) is 2.50. The summed E-state index contributed by atoms with van der Waals surface area (Å²) in [4.78, 5) is 11.3. The van der Waals surface area contributed by atoms with Crippen LogP contribution in [0, 0.1) is 5.92 Å². The van der Waals surface area contributed by atoms with E-state index in [1.165, 1.54) is 0 Å². The van der Waals surface area contributed by atoms with Crippen molar-refractivity contribution in [2.75, 3.05) is 38.4 Å². The van der Waals surface area contributed by atoms with Crippen LogP contribution in [0.4, 0.5) is 5.69 Å². The second-order valence-corrected chi connectivity index (χ2v) is 5.96. The monoisotopic (exact) mass is 323 g/mol. The highest BCUT2D eigenvalue weighted by molar-refractivity contribution is 5.81. The van der Waals surface area contributed by atoms with E-state index in [0.29, 0.717) is 32.5 Å². The third kappa shape index (κ3) is 9.21. The molecule has 1 N–H and O–H groups in total. The SMILES string of the molecule is CC(C)Nc1ccc(OCCOCCOCC(=O)C(C)C)cc1. The quantitative estimate of drug-likeness (QED) is 0.599. The highest BCUT2D eigenvalue weighted by atomic mass is 16.5. The highest BCUT2D eigenvalue weighted by Gasteiger charge is 2.06. The summed E-state index contributed by atoms with van der Waals surface area (Å²) in [5.74, 6) is 0.955. The lowest BCUT2D eigenvalue weighted by Gasteiger charge is -2.11. The van der Waals surface area contributed by atoms with Crippen LogP contribution in [0.25, 0.3) is 0 Å². The number of rotatable bonds is 12. The number of Topliss-reactive ketones (excluding diaryl/α,β-unsaturated/α-hetero) is 1. The smallest absolute Gasteiger partial charge is 0.160 e. The Morgan fingerprint density at radius 1 is 0.957 bits per heavy atom. The van der Waals surface area contributed by atoms with Crippen molar-refractivity contribution in [3.8, 4) is 5.75 Å². The first-order valence-corrected chi connectivity index (χ1v) is 8.16. The van der Waals surface area contributed by atoms with Gasteiger partial charge in [0.15, 0.2) is 5.78 Å². The molecule has 5 nitrogen and oxygen atoms in total. The first kappa shape index (κ1) is 19.5. The van der Waals surface area contributed by atoms with Gasteiger partial charge < -0.3 is 19.5 Å². The van der Waals surface area contributed by atoms with Gasteiger partial charge in [-0.15, -0.1) is 0 Å². The topological polar surface area (TPSA) is 56.8 Å². The Balaban J connectivity index is 2.03. The van der Waals surface area contributed by atoms with Gasteiger partial charge in [-0.05, 0) is 38.1 Å². The van der Waals surface area contributed by atoms with Crippen LogP contribution < -0.4 is 10.1 Å². The summed E-state index contributed by atoms with van der Waals surface area (Å²) in [5.41, 5.74) is 1.08. The summed E-state index contributed by atoms with van der Waals surface area (Å²) in [6.07, 6.45) is 0. The lowest BCUT2D eigenvalue weighted by molar-refractivity contribution is -0.127. The van der Waals surface area contributed by atoms with Crippen LogP contribution in [0.3, 0.4) is 0 Å². The summed E-state index contributed by atoms with van der Waals surface area (Å²) >= 11 is 0. The Bertz CT molecular complexity index is 443. The molecular weight excluding hydrogens is 294 g/mol. The van der Waals surface area contributed by atoms with E-state index < -0.39 is 0 Å². The molecule has 0 fully saturated rings. The fourth-order valence-corrected chi connectivity index (χ4v) is 1.76. The van der Waals surface area contributed by atoms with Gasteiger partial charge in [-0.25, -0.2) is 0 Å². The van der Waals surface area contributed by atoms with Crippen molar-refractivity contribution >= 4 is 11.5 Å². The molecule has 23 heavy (non-hydrogen) atoms. The number of anilines is 1. The Kier molecular flexibility index (Phi) is 9.33. The van der Waals surface area contributed by atoms with E-state index in [1.54, 1.807) is 0 Å². The molecule has 0 aliphatic heterocycles. The molecule has 1 rings (SSSR count). The zero-order chi connectivity index (χ0) is 17.1. The zero-order valence-corrected chi connectivity index (χ0v) is 14.6. The van der Waals surface area contributed by atoms with Crippen molar-refractivity contribution in [3.63, 3.8) is 0 Å². The van der Waals surface area contributed by atoms with Crippen LogP contribution in [0.1, 0.15) is 27.7 Å². The van der Waals surface area contributed by atoms with E-state index in [4.69, 9.17) is 14.2 Å². The van der Waals surface area contributed by atoms with Crippen LogP contribution in [-0.4, -0.2) is 44.9 Å². The van der Waals surface area contributed by atoms with Crippen molar-refractivity contribution in [3.05, 3.63) is 24.3 Å². The molecular formula is C18H29NO4. The molecule has 0 amide bonds. The minimum absolute atomic E-state index is 0.0199. The average molecular weight is 323 g/mol. The molecule has 0 unspecified atom stereocenters. The number of ether oxygens (including phenoxy) is 3. The number of carbonyl (C=O) groups is 1. The van der Waals surface area contributed by atoms with E-state index in [0.717, 1.165) is 11.4 Å². The third-order valence-corrected chi connectivity index (χ3v) is 3.07. The van der Waals surface area contributed by atoms with E-state index >= 15 is 0 Å². The third-order valence-electron chi connectivity index (χ3n) is 3.07. The molecule has 0 radical (unpaired) electrons. The Labute approximate surface area is 139 Å². The van der Waals surface area contributed by atoms with Crippen LogP contribution in [0.15, 0.2) is 24.3 Å². The standard InChI is InChI=1S/C18H29NO4/c1-14(2)18(20)13-22-10-9-21-11-12-23-17-7-5-16(6-8-17)19-15(3)4/h5-8,14-15,19H,9-13H2,1-4H3. The molecule has 1 aromatic rings. The molecule has 0 bridgehead atoms. The predicted octanol–water partition coefficient (Wildman–Crippen LogP) is 3.14. The normalized spacial score (nSPS) is 11.0. The number of carbonyl (C=O) groups excluding carboxylic acids is 1. The summed E-state index contributed by atoms with van der Waals surface area (Å²) in [6, 6.07) is 8.27. The summed E-state index contributed by atoms with van der Waals surface area (Å²) in [5, 5.41) is 3.32. The Morgan fingerprint density at radius 3 is 2.17 bits per heavy atom. The Hall–Kier alpha value is -1.59. The zero-order valence-electron chi connectivity index (χ0n) is 14.6. The van der Waals surface area contributed by atoms with Crippen molar-refractivity contribution < 1.29 is 19.0 Å². The van der Waals surface area contributed by atoms with Gasteiger partial charge in [0, 0.05) is 17.6 Å². The van der Waals surface area contributed by atoms with Crippen LogP contribution in [0.5, 0.6) is 5.75 Å². The van der Waals surface area contributed by atoms with Crippen molar-refractivity contribution in [1.29, 1.82) is 0 Å². The van der Waals surface area contributed by atoms with Crippen molar-refractivity contribution in [2.45, 2.75) is 33.7 Å². The lowest BCUT2D eigenvalue weighted by atomic mass is 10.1. The van der Waals surface area contributed by atoms with Gasteiger partial charge in [-0.1, -0.05) is 13.8 Å². The minimum Gasteiger partial charge on any atom is -0.491 e. The number of nitrogens with one attached hydrogen (secondary N) is 1. The Morgan fingerprint density at radius 2 is 1.57 bits per heavy atom. The second-order valence-electron chi connectivity index (χ2n) is 5.96. The second kappa shape index (κ2) is 11.0. The lowest BCUT2D eigenvalue weighted by Crippen LogP contribution is -2.17. The molecule has 0 heterocycles. The minimum atomic E-state index is 0.0199. The van der Waals surface area contributed by atoms with Gasteiger partial charge in [-0.3, -0.25) is 4.79 Å². The van der Waals surface area contributed by atoms with Crippen molar-refractivity contribution in [1.82, 2.24) is 0 Å². The number of ketones is 1. The first-order chi connectivity index (χ1) is 11.0. The van der Waals surface area contributed by atoms with E-state index in [-0.39, 0.29) is 18.3 Å². The molecule has 0 aliphatic rings. The van der Waals surface area contributed by atoms with Gasteiger partial charge >= 0.3 is 0 Å². The van der Waals surface area contributed by atoms with Gasteiger partial charge in [0.25, 0.3) is 0 Å². The van der Waals surface area contributed by atoms with E-state index in [1.807, 2.05) is 38.1 Å². The van der Waals surface area contributed by atoms with Crippen molar-refractivity contribution in [2.24, 2.45) is 5.92 Å². The molecule has 0 atom stereocenters. The molecule has 5 heteroatoms. The number of benzene rings is 1. The number of hydrogen-bond donors (Lipinski definition) is 1. The molecule has 0 saturated carbocycles. The maximum atomic E-state index is 11.3. The van der Waals surface area contributed by atoms with Gasteiger partial charge in [0.1, 0.15) is 19.0 Å². The predicted molar refractivity (Wildman–Crippen MR) is 92.2 cm³/mol. The summed E-state index contributed by atoms with van der Waals surface area (Å²) in [6.45, 7) is 9.97. The summed E-state index contributed by atoms with van der Waals surface area (Å²) < 4.78 is 16.2. The van der Waals surface area contributed by atoms with E-state index in [2.05, 4.69) is 19.2 Å². The van der Waals surface area contributed by atoms with E-state index in [9.17, 15) is 4.79 Å². The maximum Gasteiger partial charge on any atom is 0.160 e. The largest absolute Gasteiger partial charge is 0.491 e. The molecule has 0 aliphatic carbocycles. The maximum absolute atomic E-state index is 11.3. The highest BCUT2D eigenvalue weighted by Crippen LogP contribution is 2.16. The van der Waals surface area contributed by atoms with Crippen LogP contribution >= 0.6 is 0 Å². The molecule has 0 spiro atoms. The van der Waals surface area contributed by atoms with Gasteiger partial charge in [-0.2, -0.15) is 0 Å². The van der Waals surface area contributed by atoms with Gasteiger partial charge in [0.05, 0.1) is 19.8 Å².